The third-order valence-electron chi connectivity index (χ3n) is 2.74. The molecule has 0 atom stereocenters. The predicted molar refractivity (Wildman–Crippen MR) is 72.5 cm³/mol. The molecule has 0 fully saturated rings. The lowest BCUT2D eigenvalue weighted by Crippen LogP contribution is -2.21. The van der Waals surface area contributed by atoms with Crippen LogP contribution >= 0.6 is 0 Å². The van der Waals surface area contributed by atoms with Gasteiger partial charge in [0.15, 0.2) is 0 Å². The van der Waals surface area contributed by atoms with Crippen LogP contribution in [0.5, 0.6) is 23.5 Å². The van der Waals surface area contributed by atoms with Gasteiger partial charge in [0.1, 0.15) is 0 Å². The Morgan fingerprint density at radius 1 is 0.739 bits per heavy atom. The second-order valence-electron chi connectivity index (χ2n) is 4.47. The van der Waals surface area contributed by atoms with Crippen LogP contribution in [0.4, 0.5) is 0 Å². The van der Waals surface area contributed by atoms with Gasteiger partial charge in [0.2, 0.25) is 23.5 Å². The van der Waals surface area contributed by atoms with Crippen LogP contribution in [0.2, 0.25) is 0 Å². The van der Waals surface area contributed by atoms with Crippen molar-refractivity contribution in [1.82, 2.24) is 9.46 Å². The number of hydrogen-bond acceptors (Lipinski definition) is 8. The number of aromatic hydroxyl groups is 4. The summed E-state index contributed by atoms with van der Waals surface area (Å²) in [6, 6.07) is 4.54. The molecule has 23 heavy (non-hydrogen) atoms. The molecule has 0 bridgehead atoms. The van der Waals surface area contributed by atoms with Crippen molar-refractivity contribution in [2.75, 3.05) is 0 Å². The lowest BCUT2D eigenvalue weighted by molar-refractivity contribution is -0.147. The Kier molecular flexibility index (Phi) is 4.64. The normalized spacial score (nSPS) is 10.4. The monoisotopic (exact) mass is 326 g/mol. The minimum absolute atomic E-state index is 0.0588. The number of hydrogen-bond donors (Lipinski definition) is 4. The maximum absolute atomic E-state index is 11.5. The fourth-order valence-corrected chi connectivity index (χ4v) is 1.66. The minimum Gasteiger partial charge on any atom is -0.492 e. The van der Waals surface area contributed by atoms with E-state index in [-0.39, 0.29) is 19.3 Å². The fraction of sp³-hybridized carbons (Fsp3) is 0.231. The van der Waals surface area contributed by atoms with Gasteiger partial charge in [-0.15, -0.1) is 9.46 Å². The van der Waals surface area contributed by atoms with Crippen LogP contribution in [-0.4, -0.2) is 41.8 Å². The largest absolute Gasteiger partial charge is 0.492 e. The molecule has 2 aromatic heterocycles. The fourth-order valence-electron chi connectivity index (χ4n) is 1.66. The van der Waals surface area contributed by atoms with Crippen LogP contribution in [0, 0.1) is 0 Å². The summed E-state index contributed by atoms with van der Waals surface area (Å²) in [6.45, 7) is 0. The third kappa shape index (κ3) is 3.87. The summed E-state index contributed by atoms with van der Waals surface area (Å²) in [4.78, 5) is 32.4. The molecule has 0 aliphatic carbocycles. The first-order valence-corrected chi connectivity index (χ1v) is 6.50. The van der Waals surface area contributed by atoms with E-state index in [4.69, 9.17) is 0 Å². The zero-order valence-electron chi connectivity index (χ0n) is 11.7. The second-order valence-corrected chi connectivity index (χ2v) is 4.47. The molecule has 0 saturated heterocycles. The van der Waals surface area contributed by atoms with Crippen molar-refractivity contribution in [2.24, 2.45) is 0 Å². The van der Waals surface area contributed by atoms with Gasteiger partial charge < -0.3 is 30.1 Å². The van der Waals surface area contributed by atoms with Crippen LogP contribution in [-0.2, 0) is 9.59 Å². The number of rotatable bonds is 6. The van der Waals surface area contributed by atoms with E-state index in [9.17, 15) is 30.0 Å². The molecular weight excluding hydrogens is 312 g/mol. The molecule has 2 aromatic rings. The standard InChI is InChI=1S/C13H14N2O8/c16-8-4-5-9(17)14(8)22-12(20)2-1-3-13(21)23-15-10(18)6-7-11(15)19/h4-7,16-19H,1-3H2. The van der Waals surface area contributed by atoms with Crippen molar-refractivity contribution in [3.63, 3.8) is 0 Å². The Morgan fingerprint density at radius 3 is 1.35 bits per heavy atom. The van der Waals surface area contributed by atoms with Crippen molar-refractivity contribution in [1.29, 1.82) is 0 Å². The third-order valence-corrected chi connectivity index (χ3v) is 2.74. The van der Waals surface area contributed by atoms with E-state index >= 15 is 0 Å². The van der Waals surface area contributed by atoms with Crippen LogP contribution < -0.4 is 9.68 Å². The van der Waals surface area contributed by atoms with E-state index < -0.39 is 35.5 Å². The maximum atomic E-state index is 11.5. The molecule has 2 heterocycles. The smallest absolute Gasteiger partial charge is 0.333 e. The summed E-state index contributed by atoms with van der Waals surface area (Å²) in [5.41, 5.74) is 0. The van der Waals surface area contributed by atoms with E-state index in [2.05, 4.69) is 9.68 Å². The van der Waals surface area contributed by atoms with E-state index in [1.165, 1.54) is 0 Å². The van der Waals surface area contributed by atoms with Crippen LogP contribution in [0.15, 0.2) is 24.3 Å². The predicted octanol–water partition coefficient (Wildman–Crippen LogP) is -0.107. The molecule has 0 radical (unpaired) electrons. The Hall–Kier alpha value is -3.30. The van der Waals surface area contributed by atoms with Gasteiger partial charge in [-0.05, 0) is 6.42 Å². The number of carbonyl (C=O) groups is 2. The molecule has 124 valence electrons. The lowest BCUT2D eigenvalue weighted by Gasteiger charge is -2.07. The van der Waals surface area contributed by atoms with Gasteiger partial charge in [0.05, 0.1) is 0 Å². The first-order valence-electron chi connectivity index (χ1n) is 6.50. The molecule has 0 unspecified atom stereocenters. The quantitative estimate of drug-likeness (QED) is 0.576. The summed E-state index contributed by atoms with van der Waals surface area (Å²) in [5, 5.41) is 37.2. The van der Waals surface area contributed by atoms with E-state index in [0.717, 1.165) is 24.3 Å². The van der Waals surface area contributed by atoms with Gasteiger partial charge in [0, 0.05) is 37.1 Å². The second kappa shape index (κ2) is 6.64. The van der Waals surface area contributed by atoms with Gasteiger partial charge in [0.25, 0.3) is 0 Å². The average molecular weight is 326 g/mol. The maximum Gasteiger partial charge on any atom is 0.333 e. The van der Waals surface area contributed by atoms with Gasteiger partial charge in [-0.25, -0.2) is 9.59 Å². The van der Waals surface area contributed by atoms with Crippen LogP contribution in [0.1, 0.15) is 19.3 Å². The van der Waals surface area contributed by atoms with Gasteiger partial charge >= 0.3 is 11.9 Å². The molecule has 0 aliphatic heterocycles. The molecule has 2 rings (SSSR count). The highest BCUT2D eigenvalue weighted by Crippen LogP contribution is 2.20. The molecule has 4 N–H and O–H groups in total. The van der Waals surface area contributed by atoms with Gasteiger partial charge in [-0.1, -0.05) is 0 Å². The van der Waals surface area contributed by atoms with Crippen LogP contribution in [0.25, 0.3) is 0 Å². The van der Waals surface area contributed by atoms with Crippen molar-refractivity contribution in [3.8, 4) is 23.5 Å². The van der Waals surface area contributed by atoms with Crippen molar-refractivity contribution in [2.45, 2.75) is 19.3 Å². The highest BCUT2D eigenvalue weighted by Gasteiger charge is 2.15. The first-order chi connectivity index (χ1) is 10.9. The Bertz CT molecular complexity index is 618. The zero-order valence-corrected chi connectivity index (χ0v) is 11.7. The molecular formula is C13H14N2O8. The lowest BCUT2D eigenvalue weighted by atomic mass is 10.2. The highest BCUT2D eigenvalue weighted by molar-refractivity contribution is 5.73. The number of carbonyl (C=O) groups excluding carboxylic acids is 2. The Balaban J connectivity index is 1.76. The van der Waals surface area contributed by atoms with Gasteiger partial charge in [-0.2, -0.15) is 0 Å². The van der Waals surface area contributed by atoms with Crippen molar-refractivity contribution in [3.05, 3.63) is 24.3 Å². The molecule has 10 nitrogen and oxygen atoms in total. The minimum atomic E-state index is -0.786. The molecule has 10 heteroatoms. The molecule has 0 amide bonds. The Morgan fingerprint density at radius 2 is 1.04 bits per heavy atom. The van der Waals surface area contributed by atoms with E-state index in [0.29, 0.717) is 9.46 Å². The van der Waals surface area contributed by atoms with Crippen molar-refractivity contribution >= 4 is 11.9 Å². The van der Waals surface area contributed by atoms with Gasteiger partial charge in [-0.3, -0.25) is 0 Å². The number of nitrogens with zero attached hydrogens (tertiary/aromatic N) is 2. The summed E-state index contributed by atoms with van der Waals surface area (Å²) < 4.78 is 1.08. The zero-order chi connectivity index (χ0) is 17.0. The molecule has 0 aromatic carbocycles. The molecule has 0 saturated carbocycles. The van der Waals surface area contributed by atoms with Crippen molar-refractivity contribution < 1.29 is 39.7 Å². The SMILES string of the molecule is O=C(CCCC(=O)On1c(O)ccc1O)On1c(O)ccc1O. The summed E-state index contributed by atoms with van der Waals surface area (Å²) >= 11 is 0. The summed E-state index contributed by atoms with van der Waals surface area (Å²) in [6.07, 6.45) is -0.311. The topological polar surface area (TPSA) is 143 Å². The number of aromatic nitrogens is 2. The van der Waals surface area contributed by atoms with E-state index in [1.54, 1.807) is 0 Å². The summed E-state index contributed by atoms with van der Waals surface area (Å²) in [5.74, 6) is -3.37. The first kappa shape index (κ1) is 16.1. The van der Waals surface area contributed by atoms with E-state index in [1.807, 2.05) is 0 Å². The average Bonchev–Trinajstić information content (AvgIpc) is 2.97. The van der Waals surface area contributed by atoms with Crippen LogP contribution in [0.3, 0.4) is 0 Å². The highest BCUT2D eigenvalue weighted by atomic mass is 16.7. The Labute approximate surface area is 129 Å². The molecule has 0 spiro atoms. The summed E-state index contributed by atoms with van der Waals surface area (Å²) in [7, 11) is 0. The molecule has 0 aliphatic rings.